The number of nitrogens with zero attached hydrogens (tertiary/aromatic N) is 1. The summed E-state index contributed by atoms with van der Waals surface area (Å²) in [6.45, 7) is 4.00. The van der Waals surface area contributed by atoms with Gasteiger partial charge in [0.25, 0.3) is 0 Å². The van der Waals surface area contributed by atoms with Crippen molar-refractivity contribution in [3.8, 4) is 5.75 Å². The van der Waals surface area contributed by atoms with Crippen LogP contribution in [0.3, 0.4) is 0 Å². The fourth-order valence-electron chi connectivity index (χ4n) is 4.30. The Kier molecular flexibility index (Phi) is 10.4. The number of hydrogen-bond donors (Lipinski definition) is 3. The molecule has 7 nitrogen and oxygen atoms in total. The van der Waals surface area contributed by atoms with Crippen molar-refractivity contribution in [3.05, 3.63) is 29.3 Å². The number of hydrogen-bond acceptors (Lipinski definition) is 7. The number of unbranched alkanes of at least 4 members (excludes halogenated alkanes) is 1. The number of carbonyl (C=O) groups excluding carboxylic acids is 2. The fourth-order valence-corrected chi connectivity index (χ4v) is 4.30. The predicted octanol–water partition coefficient (Wildman–Crippen LogP) is 1.61. The number of likely N-dealkylation sites (tertiary alicyclic amines) is 1. The van der Waals surface area contributed by atoms with E-state index in [0.717, 1.165) is 76.9 Å². The average molecular weight is 404 g/mol. The van der Waals surface area contributed by atoms with Crippen LogP contribution in [0, 0.1) is 5.92 Å². The molecule has 1 aromatic carbocycles. The molecule has 29 heavy (non-hydrogen) atoms. The topological polar surface area (TPSA) is 113 Å². The third-order valence-corrected chi connectivity index (χ3v) is 5.90. The fraction of sp³-hybridized carbons (Fsp3) is 0.667. The van der Waals surface area contributed by atoms with E-state index in [0.29, 0.717) is 12.2 Å². The molecule has 160 valence electrons. The molecule has 1 fully saturated rings. The first kappa shape index (κ1) is 23.6. The Morgan fingerprint density at radius 1 is 1.24 bits per heavy atom. The number of piperidine rings is 1. The second-order valence-electron chi connectivity index (χ2n) is 7.98. The van der Waals surface area contributed by atoms with Crippen molar-refractivity contribution in [2.24, 2.45) is 11.7 Å². The lowest BCUT2D eigenvalue weighted by atomic mass is 9.82. The van der Waals surface area contributed by atoms with Gasteiger partial charge in [-0.1, -0.05) is 31.0 Å². The summed E-state index contributed by atoms with van der Waals surface area (Å²) in [6, 6.07) is 6.80. The van der Waals surface area contributed by atoms with Crippen molar-refractivity contribution < 1.29 is 24.4 Å². The van der Waals surface area contributed by atoms with Crippen LogP contribution < -0.4 is 10.5 Å². The zero-order chi connectivity index (χ0) is 21.1. The maximum Gasteiger partial charge on any atom is 0.451 e. The predicted molar refractivity (Wildman–Crippen MR) is 110 cm³/mol. The Balaban J connectivity index is 0.000000941. The molecule has 1 unspecified atom stereocenters. The summed E-state index contributed by atoms with van der Waals surface area (Å²) in [5.41, 5.74) is 9.08. The van der Waals surface area contributed by atoms with E-state index in [1.165, 1.54) is 11.1 Å². The van der Waals surface area contributed by atoms with Gasteiger partial charge in [0, 0.05) is 18.2 Å². The van der Waals surface area contributed by atoms with Crippen molar-refractivity contribution in [3.63, 3.8) is 0 Å². The minimum absolute atomic E-state index is 0.237. The van der Waals surface area contributed by atoms with Gasteiger partial charge < -0.3 is 20.5 Å². The van der Waals surface area contributed by atoms with E-state index in [1.807, 2.05) is 0 Å². The number of fused-ring (bicyclic) bond motifs is 1. The van der Waals surface area contributed by atoms with Crippen LogP contribution in [0.15, 0.2) is 18.2 Å². The lowest BCUT2D eigenvalue weighted by Crippen LogP contribution is -2.40. The molecule has 0 aliphatic carbocycles. The lowest BCUT2D eigenvalue weighted by Gasteiger charge is -2.35. The van der Waals surface area contributed by atoms with Crippen molar-refractivity contribution >= 4 is 13.3 Å². The molecular weight excluding hydrogens is 371 g/mol. The molecule has 0 bridgehead atoms. The highest BCUT2D eigenvalue weighted by Crippen LogP contribution is 2.31. The van der Waals surface area contributed by atoms with Crippen LogP contribution in [0.25, 0.3) is 0 Å². The minimum Gasteiger partial charge on any atom is -0.493 e. The van der Waals surface area contributed by atoms with E-state index in [4.69, 9.17) is 30.1 Å². The number of benzene rings is 1. The summed E-state index contributed by atoms with van der Waals surface area (Å²) in [4.78, 5) is 18.8. The van der Waals surface area contributed by atoms with Crippen LogP contribution in [0.4, 0.5) is 0 Å². The first-order valence-electron chi connectivity index (χ1n) is 10.6. The molecule has 2 heterocycles. The van der Waals surface area contributed by atoms with Gasteiger partial charge in [-0.05, 0) is 63.0 Å². The summed E-state index contributed by atoms with van der Waals surface area (Å²) < 4.78 is 5.94. The normalized spacial score (nSPS) is 17.9. The maximum atomic E-state index is 8.90. The summed E-state index contributed by atoms with van der Waals surface area (Å²) in [6.07, 6.45) is 8.06. The second-order valence-corrected chi connectivity index (χ2v) is 7.98. The monoisotopic (exact) mass is 404 g/mol. The maximum absolute atomic E-state index is 8.90. The first-order chi connectivity index (χ1) is 14.0. The molecule has 2 aliphatic heterocycles. The molecule has 0 spiro atoms. The number of rotatable bonds is 8. The zero-order valence-electron chi connectivity index (χ0n) is 17.1. The van der Waals surface area contributed by atoms with E-state index in [-0.39, 0.29) is 12.2 Å². The van der Waals surface area contributed by atoms with Gasteiger partial charge in [0.05, 0.1) is 6.61 Å². The Labute approximate surface area is 173 Å². The largest absolute Gasteiger partial charge is 0.493 e. The molecule has 2 aliphatic rings. The lowest BCUT2D eigenvalue weighted by molar-refractivity contribution is -0.191. The minimum atomic E-state index is -1.18. The Hall–Kier alpha value is -1.70. The molecular formula is C21H33BN2O5. The van der Waals surface area contributed by atoms with Crippen molar-refractivity contribution in [1.82, 2.24) is 4.90 Å². The Morgan fingerprint density at radius 3 is 2.66 bits per heavy atom. The third kappa shape index (κ3) is 7.92. The number of ether oxygens (including phenoxy) is 1. The molecule has 3 rings (SSSR count). The smallest absolute Gasteiger partial charge is 0.451 e. The molecule has 0 amide bonds. The third-order valence-electron chi connectivity index (χ3n) is 5.90. The van der Waals surface area contributed by atoms with Crippen LogP contribution in [0.2, 0.25) is 6.32 Å². The summed E-state index contributed by atoms with van der Waals surface area (Å²) in [7, 11) is -1.18. The Morgan fingerprint density at radius 2 is 1.97 bits per heavy atom. The van der Waals surface area contributed by atoms with Gasteiger partial charge in [0.1, 0.15) is 5.75 Å². The number of nitrogens with two attached hydrogens (primary N) is 1. The Bertz CT molecular complexity index is 644. The van der Waals surface area contributed by atoms with E-state index in [2.05, 4.69) is 23.1 Å². The SMILES string of the molecule is NC(CCCCB(O)O)C1CCN(Cc2cccc3c2OCCC3)CC1.O=C=O. The molecule has 0 aromatic heterocycles. The highest BCUT2D eigenvalue weighted by Gasteiger charge is 2.25. The van der Waals surface area contributed by atoms with Gasteiger partial charge in [-0.15, -0.1) is 0 Å². The van der Waals surface area contributed by atoms with E-state index < -0.39 is 7.12 Å². The molecule has 0 saturated carbocycles. The van der Waals surface area contributed by atoms with Gasteiger partial charge >= 0.3 is 13.3 Å². The van der Waals surface area contributed by atoms with Crippen LogP contribution in [-0.4, -0.2) is 54.0 Å². The van der Waals surface area contributed by atoms with Crippen LogP contribution in [0.1, 0.15) is 49.7 Å². The first-order valence-corrected chi connectivity index (χ1v) is 10.6. The summed E-state index contributed by atoms with van der Waals surface area (Å²) in [5.74, 6) is 1.72. The van der Waals surface area contributed by atoms with Crippen molar-refractivity contribution in [2.75, 3.05) is 19.7 Å². The van der Waals surface area contributed by atoms with Gasteiger partial charge in [0.2, 0.25) is 0 Å². The van der Waals surface area contributed by atoms with Gasteiger partial charge in [0.15, 0.2) is 0 Å². The quantitative estimate of drug-likeness (QED) is 0.446. The number of para-hydroxylation sites is 1. The molecule has 8 heteroatoms. The standard InChI is InChI=1S/C20H33BN2O3.CO2/c22-19(8-1-2-11-21(24)25)16-9-12-23(13-10-16)15-18-6-3-5-17-7-4-14-26-20(17)18;2-1-3/h3,5-6,16,19,24-25H,1-2,4,7-15,22H2;. The van der Waals surface area contributed by atoms with Gasteiger partial charge in [-0.25, -0.2) is 0 Å². The molecule has 1 aromatic rings. The van der Waals surface area contributed by atoms with Crippen LogP contribution >= 0.6 is 0 Å². The second kappa shape index (κ2) is 12.8. The van der Waals surface area contributed by atoms with Crippen LogP contribution in [-0.2, 0) is 22.6 Å². The summed E-state index contributed by atoms with van der Waals surface area (Å²) >= 11 is 0. The van der Waals surface area contributed by atoms with Gasteiger partial charge in [-0.2, -0.15) is 9.59 Å². The van der Waals surface area contributed by atoms with E-state index in [1.54, 1.807) is 0 Å². The highest BCUT2D eigenvalue weighted by atomic mass is 16.5. The molecule has 1 atom stereocenters. The average Bonchev–Trinajstić information content (AvgIpc) is 2.72. The zero-order valence-corrected chi connectivity index (χ0v) is 17.1. The van der Waals surface area contributed by atoms with Gasteiger partial charge in [-0.3, -0.25) is 4.90 Å². The van der Waals surface area contributed by atoms with Crippen LogP contribution in [0.5, 0.6) is 5.75 Å². The summed E-state index contributed by atoms with van der Waals surface area (Å²) in [5, 5.41) is 17.8. The van der Waals surface area contributed by atoms with Crippen molar-refractivity contribution in [1.29, 1.82) is 0 Å². The molecule has 1 saturated heterocycles. The van der Waals surface area contributed by atoms with E-state index in [9.17, 15) is 0 Å². The molecule has 0 radical (unpaired) electrons. The molecule has 4 N–H and O–H groups in total. The van der Waals surface area contributed by atoms with Crippen molar-refractivity contribution in [2.45, 2.75) is 63.9 Å². The number of aryl methyl sites for hydroxylation is 1. The highest BCUT2D eigenvalue weighted by molar-refractivity contribution is 6.40. The van der Waals surface area contributed by atoms with E-state index >= 15 is 0 Å².